The molecular weight excluding hydrogens is 264 g/mol. The molecule has 1 aromatic heterocycles. The first-order chi connectivity index (χ1) is 9.68. The van der Waals surface area contributed by atoms with Crippen LogP contribution in [0.2, 0.25) is 0 Å². The lowest BCUT2D eigenvalue weighted by Gasteiger charge is -2.48. The molecule has 0 aromatic carbocycles. The van der Waals surface area contributed by atoms with Gasteiger partial charge in [0.05, 0.1) is 18.4 Å². The van der Waals surface area contributed by atoms with Gasteiger partial charge < -0.3 is 9.84 Å². The first kappa shape index (κ1) is 16.2. The van der Waals surface area contributed by atoms with E-state index in [0.717, 1.165) is 48.6 Å². The van der Waals surface area contributed by atoms with Gasteiger partial charge in [-0.3, -0.25) is 9.88 Å². The minimum absolute atomic E-state index is 0.117. The number of hydrogen-bond acceptors (Lipinski definition) is 4. The molecule has 1 fully saturated rings. The van der Waals surface area contributed by atoms with E-state index >= 15 is 0 Å². The van der Waals surface area contributed by atoms with Gasteiger partial charge in [-0.25, -0.2) is 0 Å². The van der Waals surface area contributed by atoms with E-state index in [1.165, 1.54) is 0 Å². The van der Waals surface area contributed by atoms with Crippen molar-refractivity contribution in [1.29, 1.82) is 0 Å². The Morgan fingerprint density at radius 3 is 2.57 bits per heavy atom. The Labute approximate surface area is 128 Å². The largest absolute Gasteiger partial charge is 0.496 e. The molecule has 4 heteroatoms. The van der Waals surface area contributed by atoms with E-state index < -0.39 is 5.60 Å². The molecule has 1 N–H and O–H groups in total. The average Bonchev–Trinajstić information content (AvgIpc) is 2.38. The molecule has 0 radical (unpaired) electrons. The van der Waals surface area contributed by atoms with Crippen molar-refractivity contribution < 1.29 is 9.84 Å². The molecule has 0 bridgehead atoms. The van der Waals surface area contributed by atoms with Gasteiger partial charge in [0.25, 0.3) is 0 Å². The third kappa shape index (κ3) is 3.06. The second-order valence-electron chi connectivity index (χ2n) is 7.16. The van der Waals surface area contributed by atoms with Crippen LogP contribution in [0.1, 0.15) is 44.0 Å². The van der Waals surface area contributed by atoms with Crippen LogP contribution in [0.25, 0.3) is 0 Å². The van der Waals surface area contributed by atoms with Gasteiger partial charge in [-0.05, 0) is 27.2 Å². The summed E-state index contributed by atoms with van der Waals surface area (Å²) in [5, 5.41) is 10.5. The molecule has 1 saturated heterocycles. The predicted molar refractivity (Wildman–Crippen MR) is 84.6 cm³/mol. The maximum absolute atomic E-state index is 10.5. The van der Waals surface area contributed by atoms with Crippen molar-refractivity contribution in [3.05, 3.63) is 23.0 Å². The summed E-state index contributed by atoms with van der Waals surface area (Å²) in [5.74, 6) is 0.934. The van der Waals surface area contributed by atoms with Gasteiger partial charge in [0.1, 0.15) is 5.75 Å². The van der Waals surface area contributed by atoms with Crippen LogP contribution in [-0.4, -0.2) is 40.8 Å². The number of methoxy groups -OCH3 is 1. The summed E-state index contributed by atoms with van der Waals surface area (Å²) in [6.45, 7) is 12.9. The molecule has 1 aliphatic heterocycles. The summed E-state index contributed by atoms with van der Waals surface area (Å²) >= 11 is 0. The highest BCUT2D eigenvalue weighted by Gasteiger charge is 2.43. The molecule has 0 spiro atoms. The fourth-order valence-corrected chi connectivity index (χ4v) is 3.10. The van der Waals surface area contributed by atoms with Gasteiger partial charge in [0, 0.05) is 42.4 Å². The highest BCUT2D eigenvalue weighted by atomic mass is 16.5. The van der Waals surface area contributed by atoms with Crippen LogP contribution in [0.4, 0.5) is 0 Å². The molecular formula is C17H28N2O2. The number of hydrogen-bond donors (Lipinski definition) is 1. The smallest absolute Gasteiger partial charge is 0.128 e. The molecule has 0 amide bonds. The lowest BCUT2D eigenvalue weighted by Crippen LogP contribution is -2.55. The molecule has 1 aromatic rings. The maximum atomic E-state index is 10.5. The molecule has 118 valence electrons. The van der Waals surface area contributed by atoms with Crippen LogP contribution in [-0.2, 0) is 6.54 Å². The number of ether oxygens (including phenoxy) is 1. The third-order valence-electron chi connectivity index (χ3n) is 5.11. The second-order valence-corrected chi connectivity index (χ2v) is 7.16. The van der Waals surface area contributed by atoms with Crippen LogP contribution in [0, 0.1) is 19.3 Å². The quantitative estimate of drug-likeness (QED) is 0.930. The average molecular weight is 292 g/mol. The van der Waals surface area contributed by atoms with Gasteiger partial charge in [0.15, 0.2) is 0 Å². The molecule has 2 rings (SSSR count). The zero-order valence-electron chi connectivity index (χ0n) is 14.2. The molecule has 0 unspecified atom stereocenters. The van der Waals surface area contributed by atoms with E-state index in [-0.39, 0.29) is 5.41 Å². The maximum Gasteiger partial charge on any atom is 0.128 e. The van der Waals surface area contributed by atoms with Gasteiger partial charge in [-0.15, -0.1) is 0 Å². The van der Waals surface area contributed by atoms with Crippen molar-refractivity contribution >= 4 is 0 Å². The summed E-state index contributed by atoms with van der Waals surface area (Å²) < 4.78 is 5.48. The van der Waals surface area contributed by atoms with Crippen molar-refractivity contribution in [2.45, 2.75) is 53.2 Å². The number of aromatic nitrogens is 1. The van der Waals surface area contributed by atoms with Crippen LogP contribution in [0.3, 0.4) is 0 Å². The number of aryl methyl sites for hydroxylation is 1. The molecule has 21 heavy (non-hydrogen) atoms. The standard InChI is InChI=1S/C17H28N2O2/c1-12-9-18-14(13(2)15(12)21-6)10-19-8-7-17(5,20)16(3,4)11-19/h9,20H,7-8,10-11H2,1-6H3/t17-/m0/s1. The highest BCUT2D eigenvalue weighted by molar-refractivity contribution is 5.41. The number of pyridine rings is 1. The highest BCUT2D eigenvalue weighted by Crippen LogP contribution is 2.38. The van der Waals surface area contributed by atoms with E-state index in [0.29, 0.717) is 0 Å². The van der Waals surface area contributed by atoms with Crippen LogP contribution in [0.5, 0.6) is 5.75 Å². The Hall–Kier alpha value is -1.13. The molecule has 1 atom stereocenters. The van der Waals surface area contributed by atoms with Gasteiger partial charge in [-0.2, -0.15) is 0 Å². The Bertz CT molecular complexity index is 524. The van der Waals surface area contributed by atoms with E-state index in [2.05, 4.69) is 30.7 Å². The van der Waals surface area contributed by atoms with Crippen LogP contribution < -0.4 is 4.74 Å². The first-order valence-electron chi connectivity index (χ1n) is 7.62. The third-order valence-corrected chi connectivity index (χ3v) is 5.11. The normalized spacial score (nSPS) is 25.9. The van der Waals surface area contributed by atoms with E-state index in [9.17, 15) is 5.11 Å². The van der Waals surface area contributed by atoms with Crippen molar-refractivity contribution in [3.63, 3.8) is 0 Å². The first-order valence-corrected chi connectivity index (χ1v) is 7.62. The van der Waals surface area contributed by atoms with E-state index in [1.54, 1.807) is 7.11 Å². The summed E-state index contributed by atoms with van der Waals surface area (Å²) in [4.78, 5) is 6.96. The number of rotatable bonds is 3. The summed E-state index contributed by atoms with van der Waals surface area (Å²) in [5.41, 5.74) is 2.54. The molecule has 0 saturated carbocycles. The Morgan fingerprint density at radius 2 is 2.00 bits per heavy atom. The van der Waals surface area contributed by atoms with Gasteiger partial charge >= 0.3 is 0 Å². The Balaban J connectivity index is 2.17. The monoisotopic (exact) mass is 292 g/mol. The molecule has 1 aliphatic rings. The predicted octanol–water partition coefficient (Wildman–Crippen LogP) is 2.69. The second kappa shape index (κ2) is 5.58. The van der Waals surface area contributed by atoms with Gasteiger partial charge in [0.2, 0.25) is 0 Å². The molecule has 0 aliphatic carbocycles. The van der Waals surface area contributed by atoms with E-state index in [4.69, 9.17) is 4.74 Å². The van der Waals surface area contributed by atoms with Crippen molar-refractivity contribution in [2.75, 3.05) is 20.2 Å². The zero-order chi connectivity index (χ0) is 15.8. The zero-order valence-corrected chi connectivity index (χ0v) is 14.2. The minimum atomic E-state index is -0.600. The Morgan fingerprint density at radius 1 is 1.33 bits per heavy atom. The number of aliphatic hydroxyl groups is 1. The molecule has 2 heterocycles. The number of nitrogens with zero attached hydrogens (tertiary/aromatic N) is 2. The fourth-order valence-electron chi connectivity index (χ4n) is 3.10. The lowest BCUT2D eigenvalue weighted by molar-refractivity contribution is -0.107. The van der Waals surface area contributed by atoms with Gasteiger partial charge in [-0.1, -0.05) is 13.8 Å². The molecule has 4 nitrogen and oxygen atoms in total. The van der Waals surface area contributed by atoms with Crippen LogP contribution >= 0.6 is 0 Å². The fraction of sp³-hybridized carbons (Fsp3) is 0.706. The lowest BCUT2D eigenvalue weighted by atomic mass is 9.71. The van der Waals surface area contributed by atoms with Crippen molar-refractivity contribution in [1.82, 2.24) is 9.88 Å². The Kier molecular flexibility index (Phi) is 4.31. The van der Waals surface area contributed by atoms with Crippen molar-refractivity contribution in [3.8, 4) is 5.75 Å². The number of likely N-dealkylation sites (tertiary alicyclic amines) is 1. The topological polar surface area (TPSA) is 45.6 Å². The summed E-state index contributed by atoms with van der Waals surface area (Å²) in [6, 6.07) is 0. The summed E-state index contributed by atoms with van der Waals surface area (Å²) in [6.07, 6.45) is 2.68. The minimum Gasteiger partial charge on any atom is -0.496 e. The summed E-state index contributed by atoms with van der Waals surface area (Å²) in [7, 11) is 1.71. The van der Waals surface area contributed by atoms with Crippen molar-refractivity contribution in [2.24, 2.45) is 5.41 Å². The number of piperidine rings is 1. The van der Waals surface area contributed by atoms with E-state index in [1.807, 2.05) is 20.0 Å². The van der Waals surface area contributed by atoms with Crippen LogP contribution in [0.15, 0.2) is 6.20 Å². The SMILES string of the molecule is COc1c(C)cnc(CN2CC[C@](C)(O)C(C)(C)C2)c1C.